The van der Waals surface area contributed by atoms with Crippen molar-refractivity contribution in [1.82, 2.24) is 4.90 Å². The average molecular weight is 355 g/mol. The van der Waals surface area contributed by atoms with Gasteiger partial charge >= 0.3 is 13.6 Å². The molecule has 24 heavy (non-hydrogen) atoms. The number of nitrogens with zero attached hydrogens (tertiary/aromatic N) is 1. The molecule has 1 atom stereocenters. The van der Waals surface area contributed by atoms with Crippen molar-refractivity contribution in [1.29, 1.82) is 0 Å². The van der Waals surface area contributed by atoms with Gasteiger partial charge in [0.15, 0.2) is 0 Å². The summed E-state index contributed by atoms with van der Waals surface area (Å²) in [7, 11) is -1.34. The number of fused-ring (bicyclic) bond motifs is 1. The molecule has 0 spiro atoms. The van der Waals surface area contributed by atoms with Gasteiger partial charge in [-0.3, -0.25) is 19.1 Å². The number of carbonyl (C=O) groups excluding carboxylic acids is 3. The molecule has 1 heterocycles. The monoisotopic (exact) mass is 355 g/mol. The number of hydrogen-bond donors (Lipinski definition) is 0. The molecule has 1 unspecified atom stereocenters. The first kappa shape index (κ1) is 18.3. The maximum atomic E-state index is 12.5. The average Bonchev–Trinajstić information content (AvgIpc) is 2.84. The Morgan fingerprint density at radius 1 is 1.12 bits per heavy atom. The maximum absolute atomic E-state index is 12.5. The second kappa shape index (κ2) is 7.25. The van der Waals surface area contributed by atoms with Crippen LogP contribution >= 0.6 is 7.60 Å². The molecule has 0 aromatic heterocycles. The van der Waals surface area contributed by atoms with Crippen LogP contribution in [0.1, 0.15) is 27.6 Å². The number of hydrogen-bond acceptors (Lipinski definition) is 7. The third-order valence-electron chi connectivity index (χ3n) is 3.65. The number of esters is 1. The van der Waals surface area contributed by atoms with Crippen molar-refractivity contribution in [2.75, 3.05) is 27.0 Å². The zero-order valence-electron chi connectivity index (χ0n) is 13.6. The van der Waals surface area contributed by atoms with Gasteiger partial charge in [-0.15, -0.1) is 0 Å². The van der Waals surface area contributed by atoms with Crippen molar-refractivity contribution >= 4 is 25.4 Å². The number of benzene rings is 1. The van der Waals surface area contributed by atoms with Crippen LogP contribution in [0.15, 0.2) is 24.3 Å². The van der Waals surface area contributed by atoms with Gasteiger partial charge < -0.3 is 13.8 Å². The van der Waals surface area contributed by atoms with Gasteiger partial charge in [-0.05, 0) is 19.1 Å². The van der Waals surface area contributed by atoms with E-state index in [-0.39, 0.29) is 17.7 Å². The lowest BCUT2D eigenvalue weighted by Crippen LogP contribution is -2.48. The van der Waals surface area contributed by atoms with E-state index in [0.29, 0.717) is 0 Å². The fraction of sp³-hybridized carbons (Fsp3) is 0.400. The molecule has 1 aromatic rings. The third-order valence-corrected chi connectivity index (χ3v) is 5.55. The first-order valence-electron chi connectivity index (χ1n) is 7.22. The minimum atomic E-state index is -3.66. The van der Waals surface area contributed by atoms with E-state index in [2.05, 4.69) is 0 Å². The molecule has 130 valence electrons. The van der Waals surface area contributed by atoms with E-state index >= 15 is 0 Å². The van der Waals surface area contributed by atoms with Crippen LogP contribution in [0.25, 0.3) is 0 Å². The number of carbonyl (C=O) groups is 3. The summed E-state index contributed by atoms with van der Waals surface area (Å²) in [5.41, 5.74) is 0.364. The van der Waals surface area contributed by atoms with Gasteiger partial charge in [-0.25, -0.2) is 4.79 Å². The Kier molecular flexibility index (Phi) is 5.54. The molecule has 2 amide bonds. The summed E-state index contributed by atoms with van der Waals surface area (Å²) < 4.78 is 27.0. The fourth-order valence-corrected chi connectivity index (χ4v) is 3.61. The number of amides is 2. The summed E-state index contributed by atoms with van der Waals surface area (Å²) in [6.07, 6.45) is -0.482. The number of ether oxygens (including phenoxy) is 1. The lowest BCUT2D eigenvalue weighted by Gasteiger charge is -2.26. The van der Waals surface area contributed by atoms with Gasteiger partial charge in [0.1, 0.15) is 6.04 Å². The van der Waals surface area contributed by atoms with Crippen LogP contribution in [-0.2, 0) is 23.1 Å². The summed E-state index contributed by atoms with van der Waals surface area (Å²) in [5.74, 6) is -2.14. The molecule has 1 aliphatic heterocycles. The van der Waals surface area contributed by atoms with E-state index in [9.17, 15) is 18.9 Å². The highest BCUT2D eigenvalue weighted by molar-refractivity contribution is 7.53. The molecule has 0 saturated carbocycles. The van der Waals surface area contributed by atoms with Crippen LogP contribution in [0, 0.1) is 0 Å². The first-order chi connectivity index (χ1) is 11.4. The highest BCUT2D eigenvalue weighted by Gasteiger charge is 2.46. The minimum Gasteiger partial charge on any atom is -0.464 e. The minimum absolute atomic E-state index is 0.0444. The van der Waals surface area contributed by atoms with Gasteiger partial charge in [0, 0.05) is 14.2 Å². The summed E-state index contributed by atoms with van der Waals surface area (Å²) in [6.45, 7) is 1.63. The maximum Gasteiger partial charge on any atom is 0.332 e. The molecule has 0 bridgehead atoms. The summed E-state index contributed by atoms with van der Waals surface area (Å²) >= 11 is 0. The second-order valence-corrected chi connectivity index (χ2v) is 7.27. The van der Waals surface area contributed by atoms with Crippen LogP contribution in [-0.4, -0.2) is 55.7 Å². The second-order valence-electron chi connectivity index (χ2n) is 4.95. The van der Waals surface area contributed by atoms with Crippen LogP contribution in [0.2, 0.25) is 0 Å². The molecule has 9 heteroatoms. The molecule has 1 aromatic carbocycles. The van der Waals surface area contributed by atoms with Crippen molar-refractivity contribution < 1.29 is 32.7 Å². The Balaban J connectivity index is 2.42. The van der Waals surface area contributed by atoms with Crippen molar-refractivity contribution in [2.45, 2.75) is 13.0 Å². The molecule has 0 fully saturated rings. The van der Waals surface area contributed by atoms with E-state index in [1.54, 1.807) is 19.1 Å². The molecule has 0 N–H and O–H groups in total. The first-order valence-corrected chi connectivity index (χ1v) is 8.95. The van der Waals surface area contributed by atoms with Gasteiger partial charge in [0.25, 0.3) is 11.8 Å². The standard InChI is InChI=1S/C15H18NO7P/c1-4-23-15(19)12(9-24(20,21-2)22-3)16-13(17)10-7-5-6-8-11(10)14(16)18/h5-8,12H,4,9H2,1-3H3. The van der Waals surface area contributed by atoms with Crippen LogP contribution in [0.4, 0.5) is 0 Å². The fourth-order valence-electron chi connectivity index (χ4n) is 2.43. The lowest BCUT2D eigenvalue weighted by molar-refractivity contribution is -0.147. The Morgan fingerprint density at radius 2 is 1.62 bits per heavy atom. The smallest absolute Gasteiger partial charge is 0.332 e. The normalized spacial score (nSPS) is 15.4. The largest absolute Gasteiger partial charge is 0.464 e. The van der Waals surface area contributed by atoms with Gasteiger partial charge in [0.05, 0.1) is 23.9 Å². The van der Waals surface area contributed by atoms with Crippen molar-refractivity contribution in [3.63, 3.8) is 0 Å². The molecule has 1 aliphatic rings. The van der Waals surface area contributed by atoms with E-state index < -0.39 is 37.6 Å². The number of imide groups is 1. The van der Waals surface area contributed by atoms with E-state index in [0.717, 1.165) is 19.1 Å². The van der Waals surface area contributed by atoms with Crippen molar-refractivity contribution in [3.05, 3.63) is 35.4 Å². The summed E-state index contributed by atoms with van der Waals surface area (Å²) in [5, 5.41) is 0. The third kappa shape index (κ3) is 3.26. The molecule has 0 radical (unpaired) electrons. The highest BCUT2D eigenvalue weighted by Crippen LogP contribution is 2.48. The highest BCUT2D eigenvalue weighted by atomic mass is 31.2. The predicted octanol–water partition coefficient (Wildman–Crippen LogP) is 1.70. The topological polar surface area (TPSA) is 99.2 Å². The van der Waals surface area contributed by atoms with Crippen molar-refractivity contribution in [3.8, 4) is 0 Å². The zero-order chi connectivity index (χ0) is 17.9. The van der Waals surface area contributed by atoms with Gasteiger partial charge in [-0.2, -0.15) is 0 Å². The van der Waals surface area contributed by atoms with Gasteiger partial charge in [0.2, 0.25) is 0 Å². The SMILES string of the molecule is CCOC(=O)C(CP(=O)(OC)OC)N1C(=O)c2ccccc2C1=O. The van der Waals surface area contributed by atoms with Crippen molar-refractivity contribution in [2.24, 2.45) is 0 Å². The van der Waals surface area contributed by atoms with E-state index in [1.165, 1.54) is 12.1 Å². The molecule has 2 rings (SSSR count). The summed E-state index contributed by atoms with van der Waals surface area (Å²) in [4.78, 5) is 38.1. The Morgan fingerprint density at radius 3 is 2.04 bits per heavy atom. The molecule has 0 aliphatic carbocycles. The van der Waals surface area contributed by atoms with Gasteiger partial charge in [-0.1, -0.05) is 12.1 Å². The predicted molar refractivity (Wildman–Crippen MR) is 83.9 cm³/mol. The molecule has 0 saturated heterocycles. The molecular weight excluding hydrogens is 337 g/mol. The number of rotatable bonds is 7. The molecule has 8 nitrogen and oxygen atoms in total. The van der Waals surface area contributed by atoms with Crippen LogP contribution in [0.3, 0.4) is 0 Å². The Bertz CT molecular complexity index is 675. The van der Waals surface area contributed by atoms with Crippen LogP contribution < -0.4 is 0 Å². The quantitative estimate of drug-likeness (QED) is 0.417. The van der Waals surface area contributed by atoms with Crippen LogP contribution in [0.5, 0.6) is 0 Å². The Labute approximate surface area is 139 Å². The van der Waals surface area contributed by atoms with E-state index in [4.69, 9.17) is 13.8 Å². The summed E-state index contributed by atoms with van der Waals surface area (Å²) in [6, 6.07) is 4.81. The molecular formula is C15H18NO7P. The Hall–Kier alpha value is -2.02. The van der Waals surface area contributed by atoms with E-state index in [1.807, 2.05) is 0 Å². The lowest BCUT2D eigenvalue weighted by atomic mass is 10.1. The zero-order valence-corrected chi connectivity index (χ0v) is 14.4.